The van der Waals surface area contributed by atoms with Crippen LogP contribution in [0.2, 0.25) is 0 Å². The molecule has 0 aliphatic carbocycles. The van der Waals surface area contributed by atoms with Crippen molar-refractivity contribution in [1.82, 2.24) is 0 Å². The van der Waals surface area contributed by atoms with Crippen molar-refractivity contribution in [3.63, 3.8) is 0 Å². The number of ether oxygens (including phenoxy) is 6. The molecule has 0 aromatic heterocycles. The molecular formula is C30H36O7. The Morgan fingerprint density at radius 3 is 1.41 bits per heavy atom. The third kappa shape index (κ3) is 6.43. The summed E-state index contributed by atoms with van der Waals surface area (Å²) in [6.45, 7) is 7.60. The molecule has 0 fully saturated rings. The van der Waals surface area contributed by atoms with Gasteiger partial charge in [-0.05, 0) is 37.1 Å². The highest BCUT2D eigenvalue weighted by molar-refractivity contribution is 5.87. The van der Waals surface area contributed by atoms with E-state index in [1.807, 2.05) is 56.3 Å². The van der Waals surface area contributed by atoms with Crippen molar-refractivity contribution >= 4 is 0 Å². The zero-order chi connectivity index (χ0) is 26.2. The standard InChI is InChI=1S/C30H36O7/c1-20-14-22-18-36-12-10-34-8-9-35-11-13-37-19-23-15-21(2)17-27(30(23)33-4)25-7-5-6-24(28(25)31)26(16-20)29(22)32-3/h5-7,14-17,31H,8-13,18-19H2,1-4H3. The number of phenols is 1. The van der Waals surface area contributed by atoms with E-state index in [0.717, 1.165) is 33.4 Å². The summed E-state index contributed by atoms with van der Waals surface area (Å²) < 4.78 is 34.7. The maximum absolute atomic E-state index is 11.6. The number of rotatable bonds is 2. The van der Waals surface area contributed by atoms with E-state index in [2.05, 4.69) is 0 Å². The van der Waals surface area contributed by atoms with Crippen LogP contribution in [0.1, 0.15) is 22.3 Å². The molecule has 0 amide bonds. The largest absolute Gasteiger partial charge is 0.507 e. The van der Waals surface area contributed by atoms with Crippen molar-refractivity contribution in [2.24, 2.45) is 0 Å². The van der Waals surface area contributed by atoms with Crippen molar-refractivity contribution in [2.45, 2.75) is 27.1 Å². The fourth-order valence-corrected chi connectivity index (χ4v) is 4.69. The summed E-state index contributed by atoms with van der Waals surface area (Å²) in [5.41, 5.74) is 6.84. The maximum Gasteiger partial charge on any atom is 0.132 e. The number of phenolic OH excluding ortho intramolecular Hbond substituents is 1. The molecule has 0 saturated heterocycles. The smallest absolute Gasteiger partial charge is 0.132 e. The summed E-state index contributed by atoms with van der Waals surface area (Å²) in [6.07, 6.45) is 0. The monoisotopic (exact) mass is 508 g/mol. The molecule has 0 spiro atoms. The number of aryl methyl sites for hydroxylation is 2. The Bertz CT molecular complexity index is 1120. The molecule has 198 valence electrons. The zero-order valence-electron chi connectivity index (χ0n) is 22.1. The van der Waals surface area contributed by atoms with E-state index in [1.54, 1.807) is 14.2 Å². The van der Waals surface area contributed by atoms with Gasteiger partial charge in [-0.3, -0.25) is 0 Å². The fourth-order valence-electron chi connectivity index (χ4n) is 4.69. The van der Waals surface area contributed by atoms with Gasteiger partial charge in [-0.25, -0.2) is 0 Å². The minimum Gasteiger partial charge on any atom is -0.507 e. The van der Waals surface area contributed by atoms with Gasteiger partial charge in [0.2, 0.25) is 0 Å². The lowest BCUT2D eigenvalue weighted by molar-refractivity contribution is -0.00647. The van der Waals surface area contributed by atoms with Gasteiger partial charge in [0.15, 0.2) is 0 Å². The van der Waals surface area contributed by atoms with Crippen LogP contribution >= 0.6 is 0 Å². The first-order chi connectivity index (χ1) is 18.0. The Kier molecular flexibility index (Phi) is 9.41. The Balaban J connectivity index is 1.83. The average Bonchev–Trinajstić information content (AvgIpc) is 2.88. The van der Waals surface area contributed by atoms with E-state index in [0.29, 0.717) is 75.5 Å². The Labute approximate surface area is 218 Å². The minimum atomic E-state index is 0.154. The quantitative estimate of drug-likeness (QED) is 0.494. The van der Waals surface area contributed by atoms with E-state index in [1.165, 1.54) is 0 Å². The summed E-state index contributed by atoms with van der Waals surface area (Å²) in [7, 11) is 3.28. The molecule has 7 heteroatoms. The van der Waals surface area contributed by atoms with E-state index in [-0.39, 0.29) is 5.75 Å². The van der Waals surface area contributed by atoms with Crippen molar-refractivity contribution in [3.05, 3.63) is 64.7 Å². The lowest BCUT2D eigenvalue weighted by atomic mass is 9.92. The third-order valence-corrected chi connectivity index (χ3v) is 6.28. The third-order valence-electron chi connectivity index (χ3n) is 6.28. The van der Waals surface area contributed by atoms with Gasteiger partial charge in [-0.15, -0.1) is 0 Å². The first-order valence-electron chi connectivity index (χ1n) is 12.5. The number of hydrogen-bond acceptors (Lipinski definition) is 7. The number of para-hydroxylation sites is 1. The van der Waals surface area contributed by atoms with Crippen LogP contribution in [0.15, 0.2) is 42.5 Å². The van der Waals surface area contributed by atoms with Gasteiger partial charge in [0.1, 0.15) is 17.2 Å². The molecule has 3 aromatic carbocycles. The predicted octanol–water partition coefficient (Wildman–Crippen LogP) is 5.44. The van der Waals surface area contributed by atoms with Gasteiger partial charge in [0, 0.05) is 33.4 Å². The van der Waals surface area contributed by atoms with Crippen molar-refractivity contribution < 1.29 is 33.5 Å². The van der Waals surface area contributed by atoms with Crippen molar-refractivity contribution in [3.8, 4) is 39.5 Å². The maximum atomic E-state index is 11.6. The lowest BCUT2D eigenvalue weighted by Crippen LogP contribution is -2.12. The van der Waals surface area contributed by atoms with E-state index in [9.17, 15) is 5.11 Å². The first kappa shape index (κ1) is 26.9. The van der Waals surface area contributed by atoms with E-state index < -0.39 is 0 Å². The molecular weight excluding hydrogens is 472 g/mol. The molecule has 1 N–H and O–H groups in total. The molecule has 37 heavy (non-hydrogen) atoms. The molecule has 0 unspecified atom stereocenters. The summed E-state index contributed by atoms with van der Waals surface area (Å²) in [6, 6.07) is 13.9. The molecule has 0 saturated carbocycles. The number of benzene rings is 3. The normalized spacial score (nSPS) is 15.5. The predicted molar refractivity (Wildman–Crippen MR) is 143 cm³/mol. The topological polar surface area (TPSA) is 75.6 Å². The second-order valence-electron chi connectivity index (χ2n) is 9.04. The number of aromatic hydroxyl groups is 1. The Morgan fingerprint density at radius 1 is 0.595 bits per heavy atom. The van der Waals surface area contributed by atoms with Gasteiger partial charge < -0.3 is 33.5 Å². The lowest BCUT2D eigenvalue weighted by Gasteiger charge is -2.19. The second kappa shape index (κ2) is 12.9. The van der Waals surface area contributed by atoms with Crippen LogP contribution in [0.5, 0.6) is 17.2 Å². The van der Waals surface area contributed by atoms with Gasteiger partial charge in [0.05, 0.1) is 67.1 Å². The van der Waals surface area contributed by atoms with E-state index >= 15 is 0 Å². The van der Waals surface area contributed by atoms with Crippen LogP contribution in [0.4, 0.5) is 0 Å². The van der Waals surface area contributed by atoms with Gasteiger partial charge in [0.25, 0.3) is 0 Å². The van der Waals surface area contributed by atoms with Gasteiger partial charge in [-0.1, -0.05) is 30.3 Å². The molecule has 0 atom stereocenters. The van der Waals surface area contributed by atoms with Crippen LogP contribution in [-0.4, -0.2) is 59.0 Å². The van der Waals surface area contributed by atoms with Crippen molar-refractivity contribution in [1.29, 1.82) is 0 Å². The average molecular weight is 509 g/mol. The first-order valence-corrected chi connectivity index (χ1v) is 12.5. The van der Waals surface area contributed by atoms with Crippen molar-refractivity contribution in [2.75, 3.05) is 53.9 Å². The summed E-state index contributed by atoms with van der Waals surface area (Å²) in [4.78, 5) is 0. The molecule has 1 aliphatic heterocycles. The van der Waals surface area contributed by atoms with Crippen LogP contribution in [0, 0.1) is 13.8 Å². The van der Waals surface area contributed by atoms with Crippen LogP contribution in [-0.2, 0) is 32.2 Å². The molecule has 6 bridgehead atoms. The van der Waals surface area contributed by atoms with E-state index in [4.69, 9.17) is 28.4 Å². The van der Waals surface area contributed by atoms with Crippen LogP contribution in [0.25, 0.3) is 22.3 Å². The highest BCUT2D eigenvalue weighted by Crippen LogP contribution is 2.46. The molecule has 1 aliphatic rings. The van der Waals surface area contributed by atoms with Gasteiger partial charge >= 0.3 is 0 Å². The zero-order valence-corrected chi connectivity index (χ0v) is 22.1. The van der Waals surface area contributed by atoms with Crippen LogP contribution < -0.4 is 9.47 Å². The summed E-state index contributed by atoms with van der Waals surface area (Å²) in [5.74, 6) is 1.49. The molecule has 4 rings (SSSR count). The Morgan fingerprint density at radius 2 is 1.00 bits per heavy atom. The summed E-state index contributed by atoms with van der Waals surface area (Å²) in [5, 5.41) is 11.6. The summed E-state index contributed by atoms with van der Waals surface area (Å²) >= 11 is 0. The minimum absolute atomic E-state index is 0.154. The highest BCUT2D eigenvalue weighted by Gasteiger charge is 2.21. The molecule has 3 aromatic rings. The highest BCUT2D eigenvalue weighted by atomic mass is 16.6. The fraction of sp³-hybridized carbons (Fsp3) is 0.400. The number of hydrogen-bond donors (Lipinski definition) is 1. The second-order valence-corrected chi connectivity index (χ2v) is 9.04. The number of methoxy groups -OCH3 is 2. The Hall–Kier alpha value is -3.10. The van der Waals surface area contributed by atoms with Gasteiger partial charge in [-0.2, -0.15) is 0 Å². The molecule has 1 heterocycles. The van der Waals surface area contributed by atoms with Crippen LogP contribution in [0.3, 0.4) is 0 Å². The number of fused-ring (bicyclic) bond motifs is 8. The molecule has 7 nitrogen and oxygen atoms in total. The SMILES string of the molecule is COc1c2cc(C)cc1-c1cccc(c1O)-c1cc(C)cc(c1OC)COCCOCCOCCOC2. The molecule has 0 radical (unpaired) electrons.